The first kappa shape index (κ1) is 28.6. The summed E-state index contributed by atoms with van der Waals surface area (Å²) in [6, 6.07) is 0. The van der Waals surface area contributed by atoms with E-state index in [-0.39, 0.29) is 6.61 Å². The van der Waals surface area contributed by atoms with Gasteiger partial charge in [0.1, 0.15) is 67.6 Å². The second-order valence-corrected chi connectivity index (χ2v) is 7.83. The Kier molecular flexibility index (Phi) is 10.3. The molecule has 0 radical (unpaired) electrons. The Hall–Kier alpha value is -0.640. The lowest BCUT2D eigenvalue weighted by molar-refractivity contribution is -0.383. The summed E-state index contributed by atoms with van der Waals surface area (Å²) in [6.07, 6.45) is -17.9. The Labute approximate surface area is 187 Å². The van der Waals surface area contributed by atoms with E-state index in [1.165, 1.54) is 0 Å². The number of rotatable bonds is 5. The normalized spacial score (nSPS) is 50.5. The van der Waals surface area contributed by atoms with Gasteiger partial charge >= 0.3 is 0 Å². The summed E-state index contributed by atoms with van der Waals surface area (Å²) in [6.45, 7) is -2.48. The Bertz CT molecular complexity index is 581. The van der Waals surface area contributed by atoms with Crippen LogP contribution in [0.15, 0.2) is 0 Å². The van der Waals surface area contributed by atoms with Gasteiger partial charge in [-0.3, -0.25) is 0 Å². The fraction of sp³-hybridized carbons (Fsp3) is 1.00. The minimum absolute atomic E-state index is 0.153. The molecule has 0 aromatic carbocycles. The number of aliphatic hydroxyl groups is 12. The molecule has 3 saturated heterocycles. The fourth-order valence-electron chi connectivity index (χ4n) is 3.42. The van der Waals surface area contributed by atoms with Crippen molar-refractivity contribution in [2.45, 2.75) is 79.4 Å². The summed E-state index contributed by atoms with van der Waals surface area (Å²) >= 11 is 0. The molecule has 196 valence electrons. The molecule has 0 amide bonds. The average molecular weight is 492 g/mol. The minimum Gasteiger partial charge on any atom is -0.394 e. The molecule has 3 heterocycles. The van der Waals surface area contributed by atoms with E-state index in [1.54, 1.807) is 0 Å². The van der Waals surface area contributed by atoms with Gasteiger partial charge in [0.25, 0.3) is 0 Å². The highest BCUT2D eigenvalue weighted by molar-refractivity contribution is 4.98. The van der Waals surface area contributed by atoms with Crippen molar-refractivity contribution in [3.8, 4) is 0 Å². The van der Waals surface area contributed by atoms with Crippen molar-refractivity contribution in [2.75, 3.05) is 26.4 Å². The molecule has 33 heavy (non-hydrogen) atoms. The smallest absolute Gasteiger partial charge is 0.224 e. The number of aliphatic hydroxyl groups excluding tert-OH is 12. The van der Waals surface area contributed by atoms with E-state index in [9.17, 15) is 30.6 Å². The molecule has 0 aliphatic carbocycles. The summed E-state index contributed by atoms with van der Waals surface area (Å²) in [7, 11) is 0. The Balaban J connectivity index is 0.000000321. The third-order valence-electron chi connectivity index (χ3n) is 5.54. The molecule has 0 bridgehead atoms. The summed E-state index contributed by atoms with van der Waals surface area (Å²) in [5.41, 5.74) is 0. The molecule has 13 atom stereocenters. The zero-order valence-electron chi connectivity index (χ0n) is 17.3. The Morgan fingerprint density at radius 3 is 1.79 bits per heavy atom. The van der Waals surface area contributed by atoms with Gasteiger partial charge in [0, 0.05) is 0 Å². The van der Waals surface area contributed by atoms with Gasteiger partial charge in [-0.25, -0.2) is 0 Å². The van der Waals surface area contributed by atoms with E-state index < -0.39 is 99.2 Å². The highest BCUT2D eigenvalue weighted by atomic mass is 16.8. The fourth-order valence-corrected chi connectivity index (χ4v) is 3.42. The van der Waals surface area contributed by atoms with Crippen LogP contribution < -0.4 is 0 Å². The first-order valence-electron chi connectivity index (χ1n) is 10.0. The molecule has 0 aromatic heterocycles. The van der Waals surface area contributed by atoms with E-state index in [4.69, 9.17) is 44.8 Å². The van der Waals surface area contributed by atoms with Gasteiger partial charge in [-0.1, -0.05) is 0 Å². The van der Waals surface area contributed by atoms with Gasteiger partial charge in [0.05, 0.1) is 19.8 Å². The standard InChI is InChI=1S/C12H22O11.C5H10O5/c13-1-4-6(16)8(18)9(19)11(21-4)23-12(3-15)10(20)7(17)5(2-14)22-12;6-2-1-10-5(9)4(8)3(2)7/h4-11,13-20H,1-3H2;2-9H,1H2/t4-,5-,6-,7-,8+,9-,10+,11-,12+;2-,3+,4-,5?/m11/s1. The second-order valence-electron chi connectivity index (χ2n) is 7.83. The highest BCUT2D eigenvalue weighted by Crippen LogP contribution is 2.35. The first-order valence-corrected chi connectivity index (χ1v) is 10.0. The highest BCUT2D eigenvalue weighted by Gasteiger charge is 2.58. The molecule has 0 spiro atoms. The molecule has 12 N–H and O–H groups in total. The van der Waals surface area contributed by atoms with E-state index >= 15 is 0 Å². The van der Waals surface area contributed by atoms with Crippen LogP contribution in [0.2, 0.25) is 0 Å². The van der Waals surface area contributed by atoms with Gasteiger partial charge in [0.2, 0.25) is 5.79 Å². The number of ether oxygens (including phenoxy) is 4. The van der Waals surface area contributed by atoms with Crippen molar-refractivity contribution in [3.05, 3.63) is 0 Å². The largest absolute Gasteiger partial charge is 0.394 e. The summed E-state index contributed by atoms with van der Waals surface area (Å²) in [5, 5.41) is 112. The van der Waals surface area contributed by atoms with E-state index in [0.29, 0.717) is 0 Å². The maximum atomic E-state index is 10.00. The molecule has 3 aliphatic rings. The lowest BCUT2D eigenvalue weighted by Crippen LogP contribution is -2.62. The van der Waals surface area contributed by atoms with Gasteiger partial charge < -0.3 is 80.2 Å². The lowest BCUT2D eigenvalue weighted by atomic mass is 9.99. The summed E-state index contributed by atoms with van der Waals surface area (Å²) in [4.78, 5) is 0. The monoisotopic (exact) mass is 492 g/mol. The quantitative estimate of drug-likeness (QED) is 0.170. The predicted molar refractivity (Wildman–Crippen MR) is 98.6 cm³/mol. The predicted octanol–water partition coefficient (Wildman–Crippen LogP) is -7.98. The van der Waals surface area contributed by atoms with Crippen molar-refractivity contribution in [3.63, 3.8) is 0 Å². The first-order chi connectivity index (χ1) is 15.4. The third-order valence-corrected chi connectivity index (χ3v) is 5.54. The number of hydrogen-bond donors (Lipinski definition) is 12. The van der Waals surface area contributed by atoms with Crippen molar-refractivity contribution < 1.29 is 80.2 Å². The molecule has 16 nitrogen and oxygen atoms in total. The molecule has 3 aliphatic heterocycles. The molecular formula is C17H32O16. The van der Waals surface area contributed by atoms with Crippen LogP contribution in [0.1, 0.15) is 0 Å². The second kappa shape index (κ2) is 11.9. The molecule has 1 unspecified atom stereocenters. The van der Waals surface area contributed by atoms with Gasteiger partial charge in [-0.15, -0.1) is 0 Å². The van der Waals surface area contributed by atoms with E-state index in [2.05, 4.69) is 4.74 Å². The van der Waals surface area contributed by atoms with Gasteiger partial charge in [-0.2, -0.15) is 0 Å². The van der Waals surface area contributed by atoms with Crippen molar-refractivity contribution in [2.24, 2.45) is 0 Å². The van der Waals surface area contributed by atoms with Crippen LogP contribution in [0.3, 0.4) is 0 Å². The number of hydrogen-bond acceptors (Lipinski definition) is 16. The molecule has 0 aromatic rings. The molecule has 3 fully saturated rings. The Morgan fingerprint density at radius 2 is 1.30 bits per heavy atom. The van der Waals surface area contributed by atoms with Crippen molar-refractivity contribution in [1.82, 2.24) is 0 Å². The molecule has 0 saturated carbocycles. The summed E-state index contributed by atoms with van der Waals surface area (Å²) < 4.78 is 19.9. The van der Waals surface area contributed by atoms with E-state index in [0.717, 1.165) is 0 Å². The van der Waals surface area contributed by atoms with Crippen molar-refractivity contribution >= 4 is 0 Å². The van der Waals surface area contributed by atoms with Gasteiger partial charge in [-0.05, 0) is 0 Å². The Morgan fingerprint density at radius 1 is 0.697 bits per heavy atom. The van der Waals surface area contributed by atoms with Crippen LogP contribution in [0.5, 0.6) is 0 Å². The maximum absolute atomic E-state index is 10.00. The third kappa shape index (κ3) is 5.96. The van der Waals surface area contributed by atoms with Gasteiger partial charge in [0.15, 0.2) is 12.6 Å². The average Bonchev–Trinajstić information content (AvgIpc) is 3.06. The van der Waals surface area contributed by atoms with Crippen LogP contribution >= 0.6 is 0 Å². The van der Waals surface area contributed by atoms with E-state index in [1.807, 2.05) is 0 Å². The lowest BCUT2D eigenvalue weighted by Gasteiger charge is -2.43. The molecule has 16 heteroatoms. The zero-order valence-corrected chi connectivity index (χ0v) is 17.3. The van der Waals surface area contributed by atoms with Crippen LogP contribution in [-0.2, 0) is 18.9 Å². The minimum atomic E-state index is -2.22. The maximum Gasteiger partial charge on any atom is 0.224 e. The van der Waals surface area contributed by atoms with Crippen LogP contribution in [0, 0.1) is 0 Å². The van der Waals surface area contributed by atoms with Crippen LogP contribution in [0.25, 0.3) is 0 Å². The molecule has 3 rings (SSSR count). The van der Waals surface area contributed by atoms with Crippen molar-refractivity contribution in [1.29, 1.82) is 0 Å². The summed E-state index contributed by atoms with van der Waals surface area (Å²) in [5.74, 6) is -2.22. The molecular weight excluding hydrogens is 460 g/mol. The zero-order chi connectivity index (χ0) is 25.1. The SMILES string of the molecule is OC1OC[C@@H](O)[C@H](O)[C@H]1O.OC[C@H]1O[C@@](CO)(O[C@H]2O[C@H](CO)[C@@H](O)[C@H](O)[C@H]2O)[C@@H](O)[C@@H]1O. The van der Waals surface area contributed by atoms with Crippen LogP contribution in [0.4, 0.5) is 0 Å². The van der Waals surface area contributed by atoms with Crippen LogP contribution in [-0.4, -0.2) is 167 Å². The topological polar surface area (TPSA) is 280 Å².